The first kappa shape index (κ1) is 12.2. The van der Waals surface area contributed by atoms with Crippen molar-refractivity contribution in [3.8, 4) is 0 Å². The van der Waals surface area contributed by atoms with E-state index in [1.165, 1.54) is 0 Å². The van der Waals surface area contributed by atoms with E-state index in [1.807, 2.05) is 16.7 Å². The van der Waals surface area contributed by atoms with Gasteiger partial charge < -0.3 is 15.4 Å². The Bertz CT molecular complexity index is 262. The Hall–Kier alpha value is -0.260. The van der Waals surface area contributed by atoms with Gasteiger partial charge in [-0.1, -0.05) is 0 Å². The zero-order chi connectivity index (χ0) is 11.5. The van der Waals surface area contributed by atoms with Gasteiger partial charge in [0, 0.05) is 30.6 Å². The van der Waals surface area contributed by atoms with Gasteiger partial charge in [0.15, 0.2) is 0 Å². The average Bonchev–Trinajstić information content (AvgIpc) is 2.77. The van der Waals surface area contributed by atoms with Crippen LogP contribution in [0.3, 0.4) is 0 Å². The Balaban J connectivity index is 1.91. The molecule has 2 N–H and O–H groups in total. The van der Waals surface area contributed by atoms with Crippen LogP contribution in [0.15, 0.2) is 0 Å². The third-order valence-corrected chi connectivity index (χ3v) is 4.49. The number of rotatable bonds is 2. The first-order valence-electron chi connectivity index (χ1n) is 5.96. The summed E-state index contributed by atoms with van der Waals surface area (Å²) in [5, 5.41) is 0. The molecule has 1 amide bonds. The molecule has 5 heteroatoms. The van der Waals surface area contributed by atoms with Crippen LogP contribution in [-0.4, -0.2) is 53.7 Å². The molecule has 3 atom stereocenters. The molecule has 2 aliphatic rings. The largest absolute Gasteiger partial charge is 0.364 e. The van der Waals surface area contributed by atoms with E-state index in [2.05, 4.69) is 6.92 Å². The van der Waals surface area contributed by atoms with Gasteiger partial charge in [0.05, 0.1) is 6.10 Å². The average molecular weight is 244 g/mol. The maximum absolute atomic E-state index is 12.2. The standard InChI is InChI=1S/C11H20N2O2S/c1-8-7-16-5-4-13(8)11(14)10-3-2-9(6-12)15-10/h8-10H,2-7,12H2,1H3/t8?,9-,10+/m1/s1. The molecule has 0 aromatic heterocycles. The van der Waals surface area contributed by atoms with E-state index in [-0.39, 0.29) is 18.1 Å². The van der Waals surface area contributed by atoms with Crippen molar-refractivity contribution in [2.45, 2.75) is 38.0 Å². The highest BCUT2D eigenvalue weighted by Crippen LogP contribution is 2.24. The van der Waals surface area contributed by atoms with E-state index in [1.54, 1.807) is 0 Å². The maximum atomic E-state index is 12.2. The van der Waals surface area contributed by atoms with Gasteiger partial charge >= 0.3 is 0 Å². The lowest BCUT2D eigenvalue weighted by Crippen LogP contribution is -2.48. The van der Waals surface area contributed by atoms with Gasteiger partial charge in [-0.15, -0.1) is 0 Å². The second-order valence-corrected chi connectivity index (χ2v) is 5.67. The fourth-order valence-electron chi connectivity index (χ4n) is 2.30. The zero-order valence-electron chi connectivity index (χ0n) is 9.72. The summed E-state index contributed by atoms with van der Waals surface area (Å²) < 4.78 is 5.65. The number of thioether (sulfide) groups is 1. The quantitative estimate of drug-likeness (QED) is 0.766. The molecule has 2 saturated heterocycles. The molecule has 2 aliphatic heterocycles. The van der Waals surface area contributed by atoms with Crippen molar-refractivity contribution in [1.82, 2.24) is 4.90 Å². The molecule has 0 aromatic rings. The van der Waals surface area contributed by atoms with Crippen molar-refractivity contribution in [2.24, 2.45) is 5.73 Å². The minimum Gasteiger partial charge on any atom is -0.364 e. The van der Waals surface area contributed by atoms with Gasteiger partial charge in [0.1, 0.15) is 6.10 Å². The number of hydrogen-bond donors (Lipinski definition) is 1. The molecule has 92 valence electrons. The van der Waals surface area contributed by atoms with E-state index in [4.69, 9.17) is 10.5 Å². The summed E-state index contributed by atoms with van der Waals surface area (Å²) >= 11 is 1.92. The Morgan fingerprint density at radius 2 is 2.38 bits per heavy atom. The second-order valence-electron chi connectivity index (χ2n) is 4.52. The number of carbonyl (C=O) groups is 1. The first-order chi connectivity index (χ1) is 7.72. The smallest absolute Gasteiger partial charge is 0.252 e. The number of nitrogens with zero attached hydrogens (tertiary/aromatic N) is 1. The van der Waals surface area contributed by atoms with Crippen LogP contribution in [0.2, 0.25) is 0 Å². The molecule has 4 nitrogen and oxygen atoms in total. The van der Waals surface area contributed by atoms with Crippen LogP contribution < -0.4 is 5.73 Å². The number of nitrogens with two attached hydrogens (primary N) is 1. The van der Waals surface area contributed by atoms with Gasteiger partial charge in [-0.05, 0) is 19.8 Å². The third-order valence-electron chi connectivity index (χ3n) is 3.30. The van der Waals surface area contributed by atoms with Gasteiger partial charge in [0.2, 0.25) is 0 Å². The number of hydrogen-bond acceptors (Lipinski definition) is 4. The Morgan fingerprint density at radius 1 is 1.56 bits per heavy atom. The molecule has 0 bridgehead atoms. The molecule has 2 heterocycles. The lowest BCUT2D eigenvalue weighted by molar-refractivity contribution is -0.144. The molecule has 0 saturated carbocycles. The van der Waals surface area contributed by atoms with Crippen LogP contribution in [0.1, 0.15) is 19.8 Å². The van der Waals surface area contributed by atoms with Crippen molar-refractivity contribution in [3.63, 3.8) is 0 Å². The summed E-state index contributed by atoms with van der Waals surface area (Å²) in [6.07, 6.45) is 1.60. The van der Waals surface area contributed by atoms with Crippen LogP contribution in [0.5, 0.6) is 0 Å². The van der Waals surface area contributed by atoms with Crippen molar-refractivity contribution in [1.29, 1.82) is 0 Å². The highest BCUT2D eigenvalue weighted by atomic mass is 32.2. The molecule has 2 fully saturated rings. The van der Waals surface area contributed by atoms with Crippen molar-refractivity contribution < 1.29 is 9.53 Å². The molecule has 1 unspecified atom stereocenters. The number of carbonyl (C=O) groups excluding carboxylic acids is 1. The van der Waals surface area contributed by atoms with Gasteiger partial charge in [-0.2, -0.15) is 11.8 Å². The zero-order valence-corrected chi connectivity index (χ0v) is 10.5. The molecular formula is C11H20N2O2S. The molecule has 0 aromatic carbocycles. The second kappa shape index (κ2) is 5.38. The number of ether oxygens (including phenoxy) is 1. The van der Waals surface area contributed by atoms with Crippen LogP contribution in [0.25, 0.3) is 0 Å². The highest BCUT2D eigenvalue weighted by Gasteiger charge is 2.35. The maximum Gasteiger partial charge on any atom is 0.252 e. The van der Waals surface area contributed by atoms with Gasteiger partial charge in [0.25, 0.3) is 5.91 Å². The Kier molecular flexibility index (Phi) is 4.10. The minimum atomic E-state index is -0.237. The molecule has 2 rings (SSSR count). The van der Waals surface area contributed by atoms with Crippen molar-refractivity contribution in [3.05, 3.63) is 0 Å². The predicted molar refractivity (Wildman–Crippen MR) is 65.4 cm³/mol. The SMILES string of the molecule is CC1CSCCN1C(=O)[C@@H]1CC[C@H](CN)O1. The van der Waals surface area contributed by atoms with Crippen molar-refractivity contribution in [2.75, 3.05) is 24.6 Å². The molecule has 16 heavy (non-hydrogen) atoms. The van der Waals surface area contributed by atoms with Crippen molar-refractivity contribution >= 4 is 17.7 Å². The summed E-state index contributed by atoms with van der Waals surface area (Å²) in [5.74, 6) is 2.26. The fraction of sp³-hybridized carbons (Fsp3) is 0.909. The highest BCUT2D eigenvalue weighted by molar-refractivity contribution is 7.99. The Labute approximate surface area is 101 Å². The van der Waals surface area contributed by atoms with Gasteiger partial charge in [-0.3, -0.25) is 4.79 Å². The minimum absolute atomic E-state index is 0.0865. The summed E-state index contributed by atoms with van der Waals surface area (Å²) in [6.45, 7) is 3.49. The summed E-state index contributed by atoms with van der Waals surface area (Å²) in [4.78, 5) is 14.2. The van der Waals surface area contributed by atoms with Crippen LogP contribution in [0.4, 0.5) is 0 Å². The summed E-state index contributed by atoms with van der Waals surface area (Å²) in [5.41, 5.74) is 5.55. The van der Waals surface area contributed by atoms with E-state index in [0.29, 0.717) is 12.6 Å². The monoisotopic (exact) mass is 244 g/mol. The topological polar surface area (TPSA) is 55.6 Å². The lowest BCUT2D eigenvalue weighted by Gasteiger charge is -2.34. The third kappa shape index (κ3) is 2.52. The number of amides is 1. The normalized spacial score (nSPS) is 35.4. The summed E-state index contributed by atoms with van der Waals surface area (Å²) in [7, 11) is 0. The van der Waals surface area contributed by atoms with E-state index in [9.17, 15) is 4.79 Å². The Morgan fingerprint density at radius 3 is 3.00 bits per heavy atom. The first-order valence-corrected chi connectivity index (χ1v) is 7.11. The van der Waals surface area contributed by atoms with E-state index < -0.39 is 0 Å². The molecule has 0 aliphatic carbocycles. The van der Waals surface area contributed by atoms with Gasteiger partial charge in [-0.25, -0.2) is 0 Å². The van der Waals surface area contributed by atoms with Crippen LogP contribution in [-0.2, 0) is 9.53 Å². The molecule has 0 radical (unpaired) electrons. The summed E-state index contributed by atoms with van der Waals surface area (Å²) in [6, 6.07) is 0.340. The molecule has 0 spiro atoms. The van der Waals surface area contributed by atoms with E-state index in [0.717, 1.165) is 30.9 Å². The fourth-order valence-corrected chi connectivity index (χ4v) is 3.31. The molecular weight excluding hydrogens is 224 g/mol. The predicted octanol–water partition coefficient (Wildman–Crippen LogP) is 0.457. The van der Waals surface area contributed by atoms with Crippen LogP contribution in [0, 0.1) is 0 Å². The van der Waals surface area contributed by atoms with Crippen LogP contribution >= 0.6 is 11.8 Å². The lowest BCUT2D eigenvalue weighted by atomic mass is 10.1. The van der Waals surface area contributed by atoms with E-state index >= 15 is 0 Å².